The Balaban J connectivity index is 1.43. The highest BCUT2D eigenvalue weighted by Crippen LogP contribution is 2.28. The first-order valence-electron chi connectivity index (χ1n) is 9.19. The lowest BCUT2D eigenvalue weighted by atomic mass is 10.1. The molecular formula is C16H22F3N7O3S. The van der Waals surface area contributed by atoms with Gasteiger partial charge in [0.2, 0.25) is 5.82 Å². The van der Waals surface area contributed by atoms with Crippen molar-refractivity contribution >= 4 is 16.0 Å². The van der Waals surface area contributed by atoms with Crippen molar-refractivity contribution in [1.29, 1.82) is 0 Å². The van der Waals surface area contributed by atoms with Crippen molar-refractivity contribution < 1.29 is 26.0 Å². The van der Waals surface area contributed by atoms with E-state index in [1.165, 1.54) is 6.26 Å². The summed E-state index contributed by atoms with van der Waals surface area (Å²) in [6.45, 7) is 0.0714. The van der Waals surface area contributed by atoms with Crippen LogP contribution in [0, 0.1) is 0 Å². The molecule has 14 heteroatoms. The lowest BCUT2D eigenvalue weighted by Gasteiger charge is -2.32. The number of aliphatic imine (C=N–C) groups is 1. The van der Waals surface area contributed by atoms with Gasteiger partial charge in [-0.15, -0.1) is 0 Å². The Kier molecular flexibility index (Phi) is 6.65. The molecular weight excluding hydrogens is 427 g/mol. The van der Waals surface area contributed by atoms with Crippen LogP contribution in [0.3, 0.4) is 0 Å². The van der Waals surface area contributed by atoms with E-state index in [0.29, 0.717) is 40.6 Å². The van der Waals surface area contributed by atoms with Crippen LogP contribution in [0.15, 0.2) is 27.8 Å². The van der Waals surface area contributed by atoms with E-state index >= 15 is 0 Å². The van der Waals surface area contributed by atoms with E-state index in [9.17, 15) is 21.6 Å². The summed E-state index contributed by atoms with van der Waals surface area (Å²) in [7, 11) is -3.71. The molecule has 10 nitrogen and oxygen atoms in total. The van der Waals surface area contributed by atoms with E-state index in [-0.39, 0.29) is 32.0 Å². The Morgan fingerprint density at radius 1 is 1.40 bits per heavy atom. The summed E-state index contributed by atoms with van der Waals surface area (Å²) in [6, 6.07) is 3.31. The molecule has 2 aromatic rings. The molecule has 0 aliphatic carbocycles. The standard InChI is InChI=1S/C16H22F3N7O3S/c1-20-15(21-7-4-13-23-14(25-24-13)12-3-2-10-29-12)22-11-5-8-26(9-6-11)30(27,28)16(17,18)19/h2-3,10-11H,4-9H2,1H3,(H2,20,21,22)(H,23,24,25). The Hall–Kier alpha value is -2.61. The van der Waals surface area contributed by atoms with E-state index in [1.807, 2.05) is 0 Å². The van der Waals surface area contributed by atoms with Gasteiger partial charge in [-0.05, 0) is 25.0 Å². The van der Waals surface area contributed by atoms with Crippen LogP contribution in [-0.2, 0) is 16.4 Å². The summed E-state index contributed by atoms with van der Waals surface area (Å²) in [5, 5.41) is 13.1. The number of nitrogens with one attached hydrogen (secondary N) is 3. The minimum atomic E-state index is -5.28. The van der Waals surface area contributed by atoms with E-state index in [0.717, 1.165) is 0 Å². The van der Waals surface area contributed by atoms with E-state index < -0.39 is 15.5 Å². The number of piperidine rings is 1. The van der Waals surface area contributed by atoms with E-state index in [2.05, 4.69) is 30.8 Å². The maximum atomic E-state index is 12.6. The van der Waals surface area contributed by atoms with Crippen LogP contribution in [-0.4, -0.2) is 72.1 Å². The number of aromatic nitrogens is 3. The van der Waals surface area contributed by atoms with Crippen LogP contribution in [0.25, 0.3) is 11.6 Å². The third kappa shape index (κ3) is 5.11. The van der Waals surface area contributed by atoms with E-state index in [4.69, 9.17) is 4.42 Å². The van der Waals surface area contributed by atoms with Gasteiger partial charge in [0.05, 0.1) is 6.26 Å². The summed E-state index contributed by atoms with van der Waals surface area (Å²) in [5.74, 6) is 2.13. The molecule has 0 atom stereocenters. The number of hydrogen-bond donors (Lipinski definition) is 3. The first-order chi connectivity index (χ1) is 14.2. The Morgan fingerprint density at radius 3 is 2.73 bits per heavy atom. The van der Waals surface area contributed by atoms with Gasteiger partial charge in [0, 0.05) is 39.1 Å². The number of nitrogens with zero attached hydrogens (tertiary/aromatic N) is 4. The maximum absolute atomic E-state index is 12.6. The molecule has 0 spiro atoms. The predicted octanol–water partition coefficient (Wildman–Crippen LogP) is 1.09. The van der Waals surface area contributed by atoms with Crippen molar-refractivity contribution in [1.82, 2.24) is 30.1 Å². The zero-order valence-corrected chi connectivity index (χ0v) is 16.9. The number of alkyl halides is 3. The number of aromatic amines is 1. The average molecular weight is 449 g/mol. The molecule has 0 radical (unpaired) electrons. The monoisotopic (exact) mass is 449 g/mol. The topological polar surface area (TPSA) is 129 Å². The number of H-pyrrole nitrogens is 1. The first kappa shape index (κ1) is 22.1. The first-order valence-corrected chi connectivity index (χ1v) is 10.6. The molecule has 0 bridgehead atoms. The van der Waals surface area contributed by atoms with Crippen molar-refractivity contribution in [3.63, 3.8) is 0 Å². The normalized spacial score (nSPS) is 17.3. The molecule has 0 saturated carbocycles. The highest BCUT2D eigenvalue weighted by molar-refractivity contribution is 7.90. The molecule has 1 aliphatic heterocycles. The van der Waals surface area contributed by atoms with Gasteiger partial charge in [0.25, 0.3) is 0 Å². The van der Waals surface area contributed by atoms with Crippen LogP contribution >= 0.6 is 0 Å². The summed E-state index contributed by atoms with van der Waals surface area (Å²) in [4.78, 5) is 8.41. The van der Waals surface area contributed by atoms with Gasteiger partial charge in [-0.1, -0.05) is 0 Å². The highest BCUT2D eigenvalue weighted by atomic mass is 32.2. The molecule has 0 aromatic carbocycles. The molecule has 30 heavy (non-hydrogen) atoms. The minimum absolute atomic E-state index is 0.188. The van der Waals surface area contributed by atoms with Gasteiger partial charge in [-0.3, -0.25) is 10.1 Å². The Bertz CT molecular complexity index is 949. The number of halogens is 3. The summed E-state index contributed by atoms with van der Waals surface area (Å²) in [6.07, 6.45) is 2.54. The summed E-state index contributed by atoms with van der Waals surface area (Å²) < 4.78 is 66.6. The SMILES string of the molecule is CN=C(NCCc1nc(-c2ccco2)n[nH]1)NC1CCN(S(=O)(=O)C(F)(F)F)CC1. The fourth-order valence-corrected chi connectivity index (χ4v) is 3.98. The second-order valence-electron chi connectivity index (χ2n) is 6.60. The smallest absolute Gasteiger partial charge is 0.461 e. The number of furan rings is 1. The lowest BCUT2D eigenvalue weighted by molar-refractivity contribution is -0.0494. The van der Waals surface area contributed by atoms with Crippen LogP contribution in [0.5, 0.6) is 0 Å². The molecule has 2 aromatic heterocycles. The molecule has 1 fully saturated rings. The molecule has 0 unspecified atom stereocenters. The minimum Gasteiger partial charge on any atom is -0.461 e. The van der Waals surface area contributed by atoms with Crippen LogP contribution in [0.1, 0.15) is 18.7 Å². The van der Waals surface area contributed by atoms with Gasteiger partial charge in [-0.2, -0.15) is 22.6 Å². The van der Waals surface area contributed by atoms with Crippen molar-refractivity contribution in [2.75, 3.05) is 26.7 Å². The predicted molar refractivity (Wildman–Crippen MR) is 102 cm³/mol. The molecule has 3 heterocycles. The van der Waals surface area contributed by atoms with Crippen molar-refractivity contribution in [3.8, 4) is 11.6 Å². The quantitative estimate of drug-likeness (QED) is 0.445. The fourth-order valence-electron chi connectivity index (χ4n) is 3.00. The average Bonchev–Trinajstić information content (AvgIpc) is 3.38. The van der Waals surface area contributed by atoms with E-state index in [1.54, 1.807) is 19.2 Å². The summed E-state index contributed by atoms with van der Waals surface area (Å²) >= 11 is 0. The third-order valence-corrected chi connectivity index (χ3v) is 6.21. The second-order valence-corrected chi connectivity index (χ2v) is 8.53. The highest BCUT2D eigenvalue weighted by Gasteiger charge is 2.50. The van der Waals surface area contributed by atoms with Crippen LogP contribution in [0.4, 0.5) is 13.2 Å². The van der Waals surface area contributed by atoms with Gasteiger partial charge < -0.3 is 15.1 Å². The third-order valence-electron chi connectivity index (χ3n) is 4.58. The molecule has 3 N–H and O–H groups in total. The summed E-state index contributed by atoms with van der Waals surface area (Å²) in [5.41, 5.74) is -5.28. The molecule has 3 rings (SSSR count). The van der Waals surface area contributed by atoms with Gasteiger partial charge >= 0.3 is 15.5 Å². The number of sulfonamides is 1. The van der Waals surface area contributed by atoms with Gasteiger partial charge in [0.15, 0.2) is 11.7 Å². The zero-order chi connectivity index (χ0) is 21.8. The molecule has 166 valence electrons. The fraction of sp³-hybridized carbons (Fsp3) is 0.562. The van der Waals surface area contributed by atoms with Crippen molar-refractivity contribution in [2.24, 2.45) is 4.99 Å². The second kappa shape index (κ2) is 9.04. The zero-order valence-electron chi connectivity index (χ0n) is 16.1. The Morgan fingerprint density at radius 2 is 2.13 bits per heavy atom. The number of guanidine groups is 1. The molecule has 0 amide bonds. The van der Waals surface area contributed by atoms with Crippen molar-refractivity contribution in [2.45, 2.75) is 30.8 Å². The Labute approximate surface area is 171 Å². The lowest BCUT2D eigenvalue weighted by Crippen LogP contribution is -2.51. The molecule has 1 saturated heterocycles. The van der Waals surface area contributed by atoms with Crippen LogP contribution in [0.2, 0.25) is 0 Å². The number of hydrogen-bond acceptors (Lipinski definition) is 6. The molecule has 1 aliphatic rings. The van der Waals surface area contributed by atoms with Crippen molar-refractivity contribution in [3.05, 3.63) is 24.2 Å². The largest absolute Gasteiger partial charge is 0.511 e. The van der Waals surface area contributed by atoms with Gasteiger partial charge in [-0.25, -0.2) is 13.4 Å². The maximum Gasteiger partial charge on any atom is 0.511 e. The van der Waals surface area contributed by atoms with Crippen LogP contribution < -0.4 is 10.6 Å². The number of rotatable bonds is 6. The van der Waals surface area contributed by atoms with Gasteiger partial charge in [0.1, 0.15) is 5.82 Å².